The van der Waals surface area contributed by atoms with E-state index in [9.17, 15) is 0 Å². The molecule has 0 atom stereocenters. The van der Waals surface area contributed by atoms with Crippen molar-refractivity contribution in [2.75, 3.05) is 0 Å². The summed E-state index contributed by atoms with van der Waals surface area (Å²) in [5, 5.41) is 6.91. The van der Waals surface area contributed by atoms with Gasteiger partial charge in [-0.1, -0.05) is 26.0 Å². The fraction of sp³-hybridized carbons (Fsp3) is 0.111. The Kier molecular flexibility index (Phi) is 7.83. The Labute approximate surface area is 186 Å². The van der Waals surface area contributed by atoms with E-state index in [0.717, 1.165) is 0 Å². The van der Waals surface area contributed by atoms with Crippen molar-refractivity contribution in [3.8, 4) is 0 Å². The molecule has 5 aromatic carbocycles. The molecule has 0 aromatic heterocycles. The van der Waals surface area contributed by atoms with Crippen LogP contribution in [0.25, 0.3) is 21.5 Å². The Hall–Kier alpha value is -2.19. The van der Waals surface area contributed by atoms with Crippen LogP contribution in [-0.4, -0.2) is 6.19 Å². The summed E-state index contributed by atoms with van der Waals surface area (Å²) in [7, 11) is 0. The van der Waals surface area contributed by atoms with E-state index < -0.39 is 0 Å². The minimum atomic E-state index is -0.212. The molecule has 0 bridgehead atoms. The molecule has 0 spiro atoms. The molecule has 5 aromatic rings. The van der Waals surface area contributed by atoms with Gasteiger partial charge in [-0.15, -0.1) is 81.2 Å². The van der Waals surface area contributed by atoms with E-state index in [1.807, 2.05) is 0 Å². The van der Waals surface area contributed by atoms with Gasteiger partial charge in [-0.05, 0) is 0 Å². The monoisotopic (exact) mass is 426 g/mol. The molecular formula is C27H26SiTi. The Bertz CT molecular complexity index is 1060. The number of hydrogen-bond acceptors (Lipinski definition) is 0. The van der Waals surface area contributed by atoms with Crippen LogP contribution in [0.4, 0.5) is 0 Å². The van der Waals surface area contributed by atoms with Crippen molar-refractivity contribution in [1.29, 1.82) is 0 Å². The predicted octanol–water partition coefficient (Wildman–Crippen LogP) is 6.80. The molecule has 0 aliphatic rings. The second-order valence-electron chi connectivity index (χ2n) is 7.31. The van der Waals surface area contributed by atoms with Gasteiger partial charge in [0.05, 0.1) is 0 Å². The normalized spacial score (nSPS) is 10.1. The first-order valence-electron chi connectivity index (χ1n) is 9.87. The molecule has 0 aliphatic heterocycles. The second kappa shape index (κ2) is 10.5. The smallest absolute Gasteiger partial charge is 0.0579 e. The van der Waals surface area contributed by atoms with Gasteiger partial charge in [-0.3, -0.25) is 0 Å². The molecule has 142 valence electrons. The summed E-state index contributed by atoms with van der Waals surface area (Å²) in [6.07, 6.45) is -0.212. The predicted molar refractivity (Wildman–Crippen MR) is 126 cm³/mol. The molecule has 0 N–H and O–H groups in total. The third-order valence-electron chi connectivity index (χ3n) is 4.73. The van der Waals surface area contributed by atoms with E-state index in [2.05, 4.69) is 143 Å². The summed E-state index contributed by atoms with van der Waals surface area (Å²) < 4.78 is 0. The van der Waals surface area contributed by atoms with Crippen molar-refractivity contribution in [2.45, 2.75) is 20.4 Å². The minimum Gasteiger partial charge on any atom is -0.165 e. The Balaban J connectivity index is 0.000000125. The quantitative estimate of drug-likeness (QED) is 0.204. The average molecular weight is 426 g/mol. The van der Waals surface area contributed by atoms with Crippen molar-refractivity contribution < 1.29 is 19.2 Å². The number of rotatable bonds is 1. The van der Waals surface area contributed by atoms with Crippen LogP contribution in [0, 0.1) is 13.8 Å². The van der Waals surface area contributed by atoms with Gasteiger partial charge in [0, 0.05) is 0 Å². The standard InChI is InChI=1S/2C10H9.C7H8Si.Ti/c2*1-8-6-9-4-2-3-5-10(9)7-8;1-8-7-5-3-2-4-6-7;/h2*2-7H,1H3;2-6H,1H3;/q2*-1;;+2. The van der Waals surface area contributed by atoms with Crippen molar-refractivity contribution in [2.24, 2.45) is 0 Å². The molecule has 0 heterocycles. The van der Waals surface area contributed by atoms with Gasteiger partial charge in [0.25, 0.3) is 0 Å². The minimum absolute atomic E-state index is 0.212. The van der Waals surface area contributed by atoms with Gasteiger partial charge < -0.3 is 0 Å². The van der Waals surface area contributed by atoms with Crippen molar-refractivity contribution in [3.05, 3.63) is 114 Å². The topological polar surface area (TPSA) is 0 Å². The van der Waals surface area contributed by atoms with Gasteiger partial charge in [0.2, 0.25) is 0 Å². The van der Waals surface area contributed by atoms with E-state index in [1.165, 1.54) is 37.9 Å². The zero-order chi connectivity index (χ0) is 20.6. The van der Waals surface area contributed by atoms with Crippen LogP contribution in [0.1, 0.15) is 11.1 Å². The first-order valence-corrected chi connectivity index (χ1v) is 14.2. The van der Waals surface area contributed by atoms with Crippen molar-refractivity contribution >= 4 is 32.9 Å². The summed E-state index contributed by atoms with van der Waals surface area (Å²) in [5.41, 5.74) is 2.70. The van der Waals surface area contributed by atoms with Crippen LogP contribution >= 0.6 is 0 Å². The summed E-state index contributed by atoms with van der Waals surface area (Å²) in [6.45, 7) is 6.56. The van der Waals surface area contributed by atoms with Gasteiger partial charge in [-0.2, -0.15) is 12.1 Å². The molecule has 0 radical (unpaired) electrons. The maximum absolute atomic E-state index is 2.31. The van der Waals surface area contributed by atoms with Crippen LogP contribution in [0.5, 0.6) is 0 Å². The van der Waals surface area contributed by atoms with Gasteiger partial charge in [-0.25, -0.2) is 0 Å². The SMILES string of the molecule is C[Si](=[Ti+2])c1ccccc1.Cc1cc2ccccc2[cH-]1.Cc1cc2ccccc2[cH-]1. The molecule has 0 nitrogen and oxygen atoms in total. The van der Waals surface area contributed by atoms with Gasteiger partial charge in [0.15, 0.2) is 0 Å². The third kappa shape index (κ3) is 6.40. The molecule has 0 amide bonds. The van der Waals surface area contributed by atoms with E-state index in [-0.39, 0.29) is 6.19 Å². The Morgan fingerprint density at radius 3 is 1.41 bits per heavy atom. The maximum Gasteiger partial charge on any atom is -0.0579 e. The Morgan fingerprint density at radius 1 is 0.621 bits per heavy atom. The zero-order valence-electron chi connectivity index (χ0n) is 17.3. The van der Waals surface area contributed by atoms with E-state index >= 15 is 0 Å². The van der Waals surface area contributed by atoms with Crippen LogP contribution in [0.3, 0.4) is 0 Å². The van der Waals surface area contributed by atoms with Crippen LogP contribution in [0.2, 0.25) is 6.55 Å². The van der Waals surface area contributed by atoms with Crippen molar-refractivity contribution in [1.82, 2.24) is 0 Å². The van der Waals surface area contributed by atoms with Crippen LogP contribution < -0.4 is 5.19 Å². The average Bonchev–Trinajstić information content (AvgIpc) is 3.30. The largest absolute Gasteiger partial charge is 0.165 e. The number of benzene rings is 3. The fourth-order valence-corrected chi connectivity index (χ4v) is 4.77. The molecule has 0 saturated carbocycles. The summed E-state index contributed by atoms with van der Waals surface area (Å²) >= 11 is 2.31. The summed E-state index contributed by atoms with van der Waals surface area (Å²) in [6, 6.07) is 36.3. The van der Waals surface area contributed by atoms with Gasteiger partial charge >= 0.3 is 67.4 Å². The van der Waals surface area contributed by atoms with E-state index in [1.54, 1.807) is 0 Å². The summed E-state index contributed by atoms with van der Waals surface area (Å²) in [4.78, 5) is 0. The molecule has 0 unspecified atom stereocenters. The first kappa shape index (κ1) is 21.5. The summed E-state index contributed by atoms with van der Waals surface area (Å²) in [5.74, 6) is 0. The van der Waals surface area contributed by atoms with Crippen LogP contribution in [0.15, 0.2) is 103 Å². The van der Waals surface area contributed by atoms with Crippen molar-refractivity contribution in [3.63, 3.8) is 0 Å². The molecular weight excluding hydrogens is 400 g/mol. The number of fused-ring (bicyclic) bond motifs is 2. The van der Waals surface area contributed by atoms with Gasteiger partial charge in [0.1, 0.15) is 0 Å². The van der Waals surface area contributed by atoms with Crippen LogP contribution in [-0.2, 0) is 19.2 Å². The molecule has 0 aliphatic carbocycles. The Morgan fingerprint density at radius 2 is 1.03 bits per heavy atom. The maximum atomic E-state index is 2.31. The number of aryl methyl sites for hydroxylation is 2. The molecule has 0 saturated heterocycles. The van der Waals surface area contributed by atoms with E-state index in [4.69, 9.17) is 0 Å². The second-order valence-corrected chi connectivity index (χ2v) is 12.7. The fourth-order valence-electron chi connectivity index (χ4n) is 3.30. The van der Waals surface area contributed by atoms with E-state index in [0.29, 0.717) is 0 Å². The first-order chi connectivity index (χ1) is 14.0. The zero-order valence-corrected chi connectivity index (χ0v) is 19.9. The third-order valence-corrected chi connectivity index (χ3v) is 7.28. The molecule has 2 heteroatoms. The molecule has 5 rings (SSSR count). The molecule has 29 heavy (non-hydrogen) atoms. The number of hydrogen-bond donors (Lipinski definition) is 0. The molecule has 0 fully saturated rings.